The number of hydrogen-bond donors (Lipinski definition) is 2. The second-order valence-electron chi connectivity index (χ2n) is 3.28. The lowest BCUT2D eigenvalue weighted by Gasteiger charge is -2.05. The summed E-state index contributed by atoms with van der Waals surface area (Å²) in [6, 6.07) is 7.99. The Morgan fingerprint density at radius 2 is 1.94 bits per heavy atom. The van der Waals surface area contributed by atoms with E-state index in [9.17, 15) is 4.39 Å². The lowest BCUT2D eigenvalue weighted by Crippen LogP contribution is -2.09. The first-order valence-electron chi connectivity index (χ1n) is 5.04. The first kappa shape index (κ1) is 13.1. The van der Waals surface area contributed by atoms with Crippen LogP contribution in [0.1, 0.15) is 0 Å². The highest BCUT2D eigenvalue weighted by Crippen LogP contribution is 2.28. The van der Waals surface area contributed by atoms with Crippen molar-refractivity contribution in [3.05, 3.63) is 36.1 Å². The molecule has 94 valence electrons. The molecule has 0 amide bonds. The van der Waals surface area contributed by atoms with Crippen LogP contribution in [-0.4, -0.2) is 16.2 Å². The third-order valence-corrected chi connectivity index (χ3v) is 3.52. The van der Waals surface area contributed by atoms with Crippen molar-refractivity contribution in [3.8, 4) is 0 Å². The van der Waals surface area contributed by atoms with Gasteiger partial charge in [0.1, 0.15) is 16.7 Å². The highest BCUT2D eigenvalue weighted by Gasteiger charge is 2.05. The van der Waals surface area contributed by atoms with Crippen LogP contribution < -0.4 is 11.3 Å². The summed E-state index contributed by atoms with van der Waals surface area (Å²) in [5.74, 6) is 5.65. The fourth-order valence-electron chi connectivity index (χ4n) is 1.24. The van der Waals surface area contributed by atoms with Crippen LogP contribution in [0.3, 0.4) is 0 Å². The van der Waals surface area contributed by atoms with Crippen LogP contribution >= 0.6 is 23.5 Å². The Morgan fingerprint density at radius 3 is 2.56 bits per heavy atom. The van der Waals surface area contributed by atoms with Crippen LogP contribution in [0.5, 0.6) is 0 Å². The molecule has 1 aromatic carbocycles. The summed E-state index contributed by atoms with van der Waals surface area (Å²) in [6.07, 6.45) is 1.89. The predicted octanol–water partition coefficient (Wildman–Crippen LogP) is 2.77. The molecule has 0 fully saturated rings. The van der Waals surface area contributed by atoms with E-state index in [2.05, 4.69) is 15.4 Å². The zero-order valence-electron chi connectivity index (χ0n) is 9.55. The van der Waals surface area contributed by atoms with E-state index in [0.29, 0.717) is 11.0 Å². The quantitative estimate of drug-likeness (QED) is 0.295. The van der Waals surface area contributed by atoms with Gasteiger partial charge in [0.15, 0.2) is 5.16 Å². The van der Waals surface area contributed by atoms with Crippen molar-refractivity contribution < 1.29 is 4.39 Å². The van der Waals surface area contributed by atoms with Crippen molar-refractivity contribution in [2.75, 3.05) is 11.7 Å². The van der Waals surface area contributed by atoms with E-state index >= 15 is 0 Å². The molecule has 7 heteroatoms. The van der Waals surface area contributed by atoms with Crippen molar-refractivity contribution in [3.63, 3.8) is 0 Å². The normalized spacial score (nSPS) is 10.4. The van der Waals surface area contributed by atoms with Gasteiger partial charge in [-0.15, -0.1) is 0 Å². The zero-order chi connectivity index (χ0) is 13.0. The number of halogens is 1. The monoisotopic (exact) mass is 282 g/mol. The van der Waals surface area contributed by atoms with E-state index in [1.807, 2.05) is 6.26 Å². The molecule has 4 nitrogen and oxygen atoms in total. The SMILES string of the molecule is CSc1nc(NN)cc(Sc2ccc(F)cc2)n1. The third kappa shape index (κ3) is 3.34. The van der Waals surface area contributed by atoms with Crippen LogP contribution in [0.4, 0.5) is 10.2 Å². The summed E-state index contributed by atoms with van der Waals surface area (Å²) >= 11 is 2.86. The molecule has 1 heterocycles. The minimum absolute atomic E-state index is 0.254. The number of nitrogens with two attached hydrogens (primary N) is 1. The maximum absolute atomic E-state index is 12.8. The average molecular weight is 282 g/mol. The smallest absolute Gasteiger partial charge is 0.190 e. The number of aromatic nitrogens is 2. The van der Waals surface area contributed by atoms with Crippen LogP contribution in [-0.2, 0) is 0 Å². The molecule has 1 aromatic heterocycles. The Balaban J connectivity index is 2.25. The van der Waals surface area contributed by atoms with E-state index in [1.165, 1.54) is 35.7 Å². The Labute approximate surface area is 113 Å². The zero-order valence-corrected chi connectivity index (χ0v) is 11.2. The van der Waals surface area contributed by atoms with Crippen molar-refractivity contribution in [1.82, 2.24) is 9.97 Å². The van der Waals surface area contributed by atoms with Gasteiger partial charge in [-0.2, -0.15) is 0 Å². The van der Waals surface area contributed by atoms with E-state index in [4.69, 9.17) is 5.84 Å². The van der Waals surface area contributed by atoms with Crippen molar-refractivity contribution in [1.29, 1.82) is 0 Å². The molecule has 0 bridgehead atoms. The molecule has 0 unspecified atom stereocenters. The molecule has 0 spiro atoms. The maximum Gasteiger partial charge on any atom is 0.190 e. The van der Waals surface area contributed by atoms with Gasteiger partial charge in [-0.05, 0) is 30.5 Å². The van der Waals surface area contributed by atoms with Crippen molar-refractivity contribution >= 4 is 29.3 Å². The molecule has 2 rings (SSSR count). The number of anilines is 1. The van der Waals surface area contributed by atoms with Gasteiger partial charge in [0.2, 0.25) is 0 Å². The lowest BCUT2D eigenvalue weighted by atomic mass is 10.4. The minimum Gasteiger partial charge on any atom is -0.308 e. The predicted molar refractivity (Wildman–Crippen MR) is 72.1 cm³/mol. The summed E-state index contributed by atoms with van der Waals surface area (Å²) in [6.45, 7) is 0. The number of benzene rings is 1. The van der Waals surface area contributed by atoms with Crippen LogP contribution in [0.15, 0.2) is 45.4 Å². The van der Waals surface area contributed by atoms with Crippen molar-refractivity contribution in [2.45, 2.75) is 15.1 Å². The van der Waals surface area contributed by atoms with E-state index in [0.717, 1.165) is 9.92 Å². The molecule has 0 saturated carbocycles. The highest BCUT2D eigenvalue weighted by molar-refractivity contribution is 7.99. The Bertz CT molecular complexity index is 511. The summed E-state index contributed by atoms with van der Waals surface area (Å²) in [7, 11) is 0. The lowest BCUT2D eigenvalue weighted by molar-refractivity contribution is 0.626. The van der Waals surface area contributed by atoms with Gasteiger partial charge in [-0.1, -0.05) is 23.5 Å². The number of hydrazine groups is 1. The average Bonchev–Trinajstić information content (AvgIpc) is 2.41. The summed E-state index contributed by atoms with van der Waals surface area (Å²) in [5.41, 5.74) is 2.50. The first-order valence-corrected chi connectivity index (χ1v) is 7.08. The van der Waals surface area contributed by atoms with Crippen LogP contribution in [0.2, 0.25) is 0 Å². The molecule has 0 aliphatic heterocycles. The number of hydrogen-bond acceptors (Lipinski definition) is 6. The molecule has 0 saturated heterocycles. The van der Waals surface area contributed by atoms with E-state index in [1.54, 1.807) is 18.2 Å². The fourth-order valence-corrected chi connectivity index (χ4v) is 2.50. The first-order chi connectivity index (χ1) is 8.71. The molecule has 18 heavy (non-hydrogen) atoms. The van der Waals surface area contributed by atoms with Gasteiger partial charge < -0.3 is 5.43 Å². The molecule has 0 aliphatic carbocycles. The minimum atomic E-state index is -0.254. The number of nitrogens with zero attached hydrogens (tertiary/aromatic N) is 2. The standard InChI is InChI=1S/C11H11FN4S2/c1-17-11-14-9(16-13)6-10(15-11)18-8-4-2-7(12)3-5-8/h2-6H,13H2,1H3,(H,14,15,16). The molecular weight excluding hydrogens is 271 g/mol. The largest absolute Gasteiger partial charge is 0.308 e. The number of nitrogens with one attached hydrogen (secondary N) is 1. The molecule has 3 N–H and O–H groups in total. The second kappa shape index (κ2) is 6.03. The van der Waals surface area contributed by atoms with Crippen LogP contribution in [0.25, 0.3) is 0 Å². The molecule has 0 atom stereocenters. The molecule has 0 aliphatic rings. The highest BCUT2D eigenvalue weighted by atomic mass is 32.2. The Kier molecular flexibility index (Phi) is 4.40. The molecule has 2 aromatic rings. The van der Waals surface area contributed by atoms with E-state index in [-0.39, 0.29) is 5.82 Å². The fraction of sp³-hybridized carbons (Fsp3) is 0.0909. The molecular formula is C11H11FN4S2. The molecule has 0 radical (unpaired) electrons. The maximum atomic E-state index is 12.8. The van der Waals surface area contributed by atoms with Gasteiger partial charge in [0.25, 0.3) is 0 Å². The van der Waals surface area contributed by atoms with E-state index < -0.39 is 0 Å². The number of thioether (sulfide) groups is 1. The van der Waals surface area contributed by atoms with Crippen LogP contribution in [0, 0.1) is 5.82 Å². The van der Waals surface area contributed by atoms with Crippen molar-refractivity contribution in [2.24, 2.45) is 5.84 Å². The van der Waals surface area contributed by atoms with Gasteiger partial charge >= 0.3 is 0 Å². The van der Waals surface area contributed by atoms with Gasteiger partial charge in [0.05, 0.1) is 0 Å². The van der Waals surface area contributed by atoms with Gasteiger partial charge in [0, 0.05) is 11.0 Å². The third-order valence-electron chi connectivity index (χ3n) is 2.05. The topological polar surface area (TPSA) is 63.8 Å². The Morgan fingerprint density at radius 1 is 1.22 bits per heavy atom. The number of nitrogen functional groups attached to an aromatic ring is 1. The number of rotatable bonds is 4. The second-order valence-corrected chi connectivity index (χ2v) is 5.15. The van der Waals surface area contributed by atoms with Gasteiger partial charge in [-0.3, -0.25) is 0 Å². The summed E-state index contributed by atoms with van der Waals surface area (Å²) in [4.78, 5) is 9.42. The summed E-state index contributed by atoms with van der Waals surface area (Å²) in [5, 5.41) is 1.39. The van der Waals surface area contributed by atoms with Gasteiger partial charge in [-0.25, -0.2) is 20.2 Å². The Hall–Kier alpha value is -1.31. The summed E-state index contributed by atoms with van der Waals surface area (Å²) < 4.78 is 12.8.